The molecule has 6 heteroatoms. The highest BCUT2D eigenvalue weighted by Crippen LogP contribution is 2.40. The van der Waals surface area contributed by atoms with E-state index in [9.17, 15) is 4.39 Å². The molecule has 0 spiro atoms. The number of halogens is 2. The zero-order chi connectivity index (χ0) is 17.0. The summed E-state index contributed by atoms with van der Waals surface area (Å²) in [4.78, 5) is 4.17. The van der Waals surface area contributed by atoms with Crippen molar-refractivity contribution in [2.75, 3.05) is 11.9 Å². The van der Waals surface area contributed by atoms with E-state index in [0.717, 1.165) is 19.4 Å². The van der Waals surface area contributed by atoms with Crippen molar-refractivity contribution in [1.82, 2.24) is 10.3 Å². The fourth-order valence-electron chi connectivity index (χ4n) is 3.28. The van der Waals surface area contributed by atoms with Crippen LogP contribution in [-0.4, -0.2) is 16.6 Å². The third kappa shape index (κ3) is 4.02. The van der Waals surface area contributed by atoms with Gasteiger partial charge in [0.15, 0.2) is 5.11 Å². The lowest BCUT2D eigenvalue weighted by atomic mass is 9.79. The molecule has 1 saturated carbocycles. The molecule has 0 radical (unpaired) electrons. The van der Waals surface area contributed by atoms with E-state index in [-0.39, 0.29) is 11.2 Å². The van der Waals surface area contributed by atoms with Crippen LogP contribution in [0.3, 0.4) is 0 Å². The van der Waals surface area contributed by atoms with E-state index in [1.54, 1.807) is 18.3 Å². The van der Waals surface area contributed by atoms with Gasteiger partial charge in [-0.25, -0.2) is 9.37 Å². The Labute approximate surface area is 151 Å². The second-order valence-corrected chi connectivity index (χ2v) is 7.01. The van der Waals surface area contributed by atoms with E-state index >= 15 is 0 Å². The molecule has 0 aliphatic heterocycles. The molecule has 1 aromatic heterocycles. The van der Waals surface area contributed by atoms with E-state index < -0.39 is 0 Å². The molecular weight excluding hydrogens is 345 g/mol. The van der Waals surface area contributed by atoms with Gasteiger partial charge in [0.25, 0.3) is 0 Å². The molecule has 2 aromatic rings. The molecule has 0 atom stereocenters. The van der Waals surface area contributed by atoms with Crippen molar-refractivity contribution in [2.45, 2.75) is 31.1 Å². The molecule has 126 valence electrons. The average Bonchev–Trinajstić information content (AvgIpc) is 3.06. The Morgan fingerprint density at radius 1 is 1.17 bits per heavy atom. The number of benzene rings is 1. The molecule has 0 bridgehead atoms. The van der Waals surface area contributed by atoms with Crippen LogP contribution in [0.15, 0.2) is 42.6 Å². The molecule has 0 amide bonds. The number of hydrogen-bond acceptors (Lipinski definition) is 2. The minimum absolute atomic E-state index is 0.00681. The number of aromatic nitrogens is 1. The van der Waals surface area contributed by atoms with Gasteiger partial charge in [-0.3, -0.25) is 0 Å². The summed E-state index contributed by atoms with van der Waals surface area (Å²) in [5.41, 5.74) is 1.17. The van der Waals surface area contributed by atoms with Gasteiger partial charge in [-0.15, -0.1) is 0 Å². The first-order valence-electron chi connectivity index (χ1n) is 8.00. The largest absolute Gasteiger partial charge is 0.362 e. The van der Waals surface area contributed by atoms with Crippen molar-refractivity contribution in [3.63, 3.8) is 0 Å². The number of nitrogens with one attached hydrogen (secondary N) is 2. The summed E-state index contributed by atoms with van der Waals surface area (Å²) >= 11 is 11.2. The van der Waals surface area contributed by atoms with Gasteiger partial charge < -0.3 is 10.6 Å². The number of pyridine rings is 1. The number of anilines is 1. The first kappa shape index (κ1) is 17.1. The van der Waals surface area contributed by atoms with Crippen molar-refractivity contribution in [1.29, 1.82) is 0 Å². The quantitative estimate of drug-likeness (QED) is 0.774. The summed E-state index contributed by atoms with van der Waals surface area (Å²) in [6.07, 6.45) is 6.08. The summed E-state index contributed by atoms with van der Waals surface area (Å²) in [6, 6.07) is 10.4. The molecule has 24 heavy (non-hydrogen) atoms. The molecule has 1 heterocycles. The van der Waals surface area contributed by atoms with Crippen LogP contribution in [0.4, 0.5) is 10.2 Å². The molecular formula is C18H19ClFN3S. The fraction of sp³-hybridized carbons (Fsp3) is 0.333. The van der Waals surface area contributed by atoms with Gasteiger partial charge in [-0.2, -0.15) is 0 Å². The van der Waals surface area contributed by atoms with Crippen LogP contribution < -0.4 is 10.6 Å². The predicted octanol–water partition coefficient (Wildman–Crippen LogP) is 4.67. The van der Waals surface area contributed by atoms with Crippen LogP contribution in [0, 0.1) is 5.82 Å². The highest BCUT2D eigenvalue weighted by atomic mass is 35.5. The molecule has 1 fully saturated rings. The number of thiocarbonyl (C=S) groups is 1. The molecule has 3 nitrogen and oxygen atoms in total. The van der Waals surface area contributed by atoms with Crippen molar-refractivity contribution in [3.8, 4) is 0 Å². The van der Waals surface area contributed by atoms with Crippen LogP contribution in [-0.2, 0) is 5.41 Å². The molecule has 1 aliphatic rings. The highest BCUT2D eigenvalue weighted by molar-refractivity contribution is 7.80. The average molecular weight is 364 g/mol. The van der Waals surface area contributed by atoms with Gasteiger partial charge in [-0.1, -0.05) is 36.6 Å². The van der Waals surface area contributed by atoms with Crippen molar-refractivity contribution in [3.05, 3.63) is 59.0 Å². The monoisotopic (exact) mass is 363 g/mol. The van der Waals surface area contributed by atoms with Gasteiger partial charge in [0.05, 0.1) is 5.02 Å². The lowest BCUT2D eigenvalue weighted by molar-refractivity contribution is 0.434. The third-order valence-corrected chi connectivity index (χ3v) is 5.04. The van der Waals surface area contributed by atoms with E-state index in [0.29, 0.717) is 16.0 Å². The smallest absolute Gasteiger partial charge is 0.171 e. The Bertz CT molecular complexity index is 697. The summed E-state index contributed by atoms with van der Waals surface area (Å²) in [6.45, 7) is 0.720. The minimum atomic E-state index is -0.203. The Morgan fingerprint density at radius 3 is 2.50 bits per heavy atom. The number of hydrogen-bond donors (Lipinski definition) is 2. The van der Waals surface area contributed by atoms with Gasteiger partial charge in [0, 0.05) is 18.2 Å². The topological polar surface area (TPSA) is 37.0 Å². The fourth-order valence-corrected chi connectivity index (χ4v) is 3.57. The summed E-state index contributed by atoms with van der Waals surface area (Å²) in [5, 5.41) is 7.47. The van der Waals surface area contributed by atoms with Crippen molar-refractivity contribution in [2.24, 2.45) is 0 Å². The summed E-state index contributed by atoms with van der Waals surface area (Å²) in [5.74, 6) is 0.449. The normalized spacial score (nSPS) is 15.9. The van der Waals surface area contributed by atoms with Crippen LogP contribution in [0.2, 0.25) is 5.02 Å². The van der Waals surface area contributed by atoms with Crippen LogP contribution >= 0.6 is 23.8 Å². The molecule has 0 unspecified atom stereocenters. The standard InChI is InChI=1S/C18H19ClFN3S/c19-14-5-8-16(21-11-14)23-17(24)22-12-18(9-1-2-10-18)13-3-6-15(20)7-4-13/h3-8,11H,1-2,9-10,12H2,(H2,21,22,23,24). The maximum atomic E-state index is 13.2. The second-order valence-electron chi connectivity index (χ2n) is 6.16. The van der Waals surface area contributed by atoms with E-state index in [1.165, 1.54) is 30.5 Å². The minimum Gasteiger partial charge on any atom is -0.362 e. The molecule has 0 saturated heterocycles. The van der Waals surface area contributed by atoms with Crippen molar-refractivity contribution >= 4 is 34.7 Å². The zero-order valence-electron chi connectivity index (χ0n) is 13.2. The lowest BCUT2D eigenvalue weighted by Gasteiger charge is -2.30. The Kier molecular flexibility index (Phi) is 5.31. The maximum absolute atomic E-state index is 13.2. The Balaban J connectivity index is 1.65. The van der Waals surface area contributed by atoms with Gasteiger partial charge >= 0.3 is 0 Å². The maximum Gasteiger partial charge on any atom is 0.171 e. The van der Waals surface area contributed by atoms with Gasteiger partial charge in [-0.05, 0) is 54.9 Å². The molecule has 1 aromatic carbocycles. The second kappa shape index (κ2) is 7.45. The SMILES string of the molecule is Fc1ccc(C2(CNC(=S)Nc3ccc(Cl)cn3)CCCC2)cc1. The highest BCUT2D eigenvalue weighted by Gasteiger charge is 2.35. The Hall–Kier alpha value is -1.72. The van der Waals surface area contributed by atoms with Crippen LogP contribution in [0.1, 0.15) is 31.2 Å². The van der Waals surface area contributed by atoms with Crippen LogP contribution in [0.25, 0.3) is 0 Å². The summed E-state index contributed by atoms with van der Waals surface area (Å²) in [7, 11) is 0. The molecule has 1 aliphatic carbocycles. The lowest BCUT2D eigenvalue weighted by Crippen LogP contribution is -2.40. The molecule has 3 rings (SSSR count). The predicted molar refractivity (Wildman–Crippen MR) is 100 cm³/mol. The van der Waals surface area contributed by atoms with E-state index in [4.69, 9.17) is 23.8 Å². The Morgan fingerprint density at radius 2 is 1.88 bits per heavy atom. The van der Waals surface area contributed by atoms with Crippen molar-refractivity contribution < 1.29 is 4.39 Å². The van der Waals surface area contributed by atoms with Gasteiger partial charge in [0.1, 0.15) is 11.6 Å². The third-order valence-electron chi connectivity index (χ3n) is 4.57. The van der Waals surface area contributed by atoms with E-state index in [1.807, 2.05) is 12.1 Å². The molecule has 2 N–H and O–H groups in total. The first-order valence-corrected chi connectivity index (χ1v) is 8.79. The zero-order valence-corrected chi connectivity index (χ0v) is 14.8. The van der Waals surface area contributed by atoms with E-state index in [2.05, 4.69) is 15.6 Å². The first-order chi connectivity index (χ1) is 11.6. The summed E-state index contributed by atoms with van der Waals surface area (Å²) < 4.78 is 13.2. The van der Waals surface area contributed by atoms with Crippen LogP contribution in [0.5, 0.6) is 0 Å². The number of rotatable bonds is 4. The number of nitrogens with zero attached hydrogens (tertiary/aromatic N) is 1. The van der Waals surface area contributed by atoms with Gasteiger partial charge in [0.2, 0.25) is 0 Å².